The number of morpholine rings is 1. The molecule has 1 amide bonds. The topological polar surface area (TPSA) is 117 Å². The lowest BCUT2D eigenvalue weighted by molar-refractivity contribution is -0.384. The van der Waals surface area contributed by atoms with Crippen molar-refractivity contribution in [2.45, 2.75) is 0 Å². The number of nitrogens with one attached hydrogen (secondary N) is 2. The van der Waals surface area contributed by atoms with Crippen LogP contribution in [0.15, 0.2) is 54.6 Å². The number of hydrogen-bond donors (Lipinski definition) is 3. The van der Waals surface area contributed by atoms with E-state index >= 15 is 0 Å². The largest absolute Gasteiger partial charge is 0.506 e. The van der Waals surface area contributed by atoms with Gasteiger partial charge in [-0.15, -0.1) is 0 Å². The van der Waals surface area contributed by atoms with Crippen LogP contribution < -0.4 is 15.5 Å². The van der Waals surface area contributed by atoms with Gasteiger partial charge in [0.25, 0.3) is 11.6 Å². The molecule has 3 aromatic rings. The van der Waals surface area contributed by atoms with E-state index in [1.54, 1.807) is 12.1 Å². The average molecular weight is 452 g/mol. The molecule has 0 radical (unpaired) electrons. The molecule has 10 heteroatoms. The molecule has 0 bridgehead atoms. The predicted octanol–water partition coefficient (Wildman–Crippen LogP) is 3.42. The fourth-order valence-corrected chi connectivity index (χ4v) is 3.80. The Balaban J connectivity index is 1.60. The van der Waals surface area contributed by atoms with Gasteiger partial charge in [-0.2, -0.15) is 0 Å². The molecule has 1 saturated heterocycles. The van der Waals surface area contributed by atoms with E-state index in [4.69, 9.17) is 17.0 Å². The van der Waals surface area contributed by atoms with Crippen LogP contribution in [0.5, 0.6) is 5.75 Å². The van der Waals surface area contributed by atoms with Gasteiger partial charge in [0, 0.05) is 30.6 Å². The quantitative estimate of drug-likeness (QED) is 0.239. The summed E-state index contributed by atoms with van der Waals surface area (Å²) in [5.41, 5.74) is 0.859. The smallest absolute Gasteiger partial charge is 0.270 e. The van der Waals surface area contributed by atoms with E-state index < -0.39 is 10.8 Å². The van der Waals surface area contributed by atoms with Crippen LogP contribution in [0.2, 0.25) is 0 Å². The fraction of sp³-hybridized carbons (Fsp3) is 0.182. The van der Waals surface area contributed by atoms with E-state index in [-0.39, 0.29) is 22.1 Å². The molecule has 3 aromatic carbocycles. The molecule has 1 aliphatic heterocycles. The second-order valence-electron chi connectivity index (χ2n) is 7.15. The van der Waals surface area contributed by atoms with Gasteiger partial charge in [-0.1, -0.05) is 30.3 Å². The van der Waals surface area contributed by atoms with Crippen molar-refractivity contribution in [3.05, 3.63) is 70.3 Å². The number of amides is 1. The number of ether oxygens (including phenoxy) is 1. The van der Waals surface area contributed by atoms with Gasteiger partial charge in [-0.25, -0.2) is 0 Å². The van der Waals surface area contributed by atoms with E-state index in [1.807, 2.05) is 29.2 Å². The molecule has 0 aliphatic carbocycles. The molecule has 4 rings (SSSR count). The highest BCUT2D eigenvalue weighted by molar-refractivity contribution is 7.80. The zero-order chi connectivity index (χ0) is 22.7. The third-order valence-electron chi connectivity index (χ3n) is 5.16. The Morgan fingerprint density at radius 1 is 1.12 bits per heavy atom. The molecule has 0 saturated carbocycles. The Bertz CT molecular complexity index is 1210. The summed E-state index contributed by atoms with van der Waals surface area (Å²) < 4.78 is 5.36. The number of nitro groups is 1. The number of non-ortho nitro benzene ring substituents is 1. The third kappa shape index (κ3) is 4.46. The van der Waals surface area contributed by atoms with Gasteiger partial charge in [0.1, 0.15) is 5.75 Å². The maximum atomic E-state index is 13.1. The summed E-state index contributed by atoms with van der Waals surface area (Å²) in [5.74, 6) is -0.614. The zero-order valence-corrected chi connectivity index (χ0v) is 17.7. The summed E-state index contributed by atoms with van der Waals surface area (Å²) in [6.07, 6.45) is 0. The number of anilines is 2. The molecule has 1 fully saturated rings. The number of benzene rings is 3. The van der Waals surface area contributed by atoms with Crippen LogP contribution in [0.4, 0.5) is 17.1 Å². The van der Waals surface area contributed by atoms with Crippen molar-refractivity contribution in [1.82, 2.24) is 5.32 Å². The van der Waals surface area contributed by atoms with Crippen molar-refractivity contribution < 1.29 is 19.6 Å². The highest BCUT2D eigenvalue weighted by atomic mass is 32.1. The molecule has 0 spiro atoms. The van der Waals surface area contributed by atoms with Crippen LogP contribution >= 0.6 is 12.2 Å². The molecule has 1 aliphatic rings. The summed E-state index contributed by atoms with van der Waals surface area (Å²) in [6.45, 7) is 2.12. The third-order valence-corrected chi connectivity index (χ3v) is 5.36. The monoisotopic (exact) mass is 452 g/mol. The molecule has 1 heterocycles. The number of fused-ring (bicyclic) bond motifs is 1. The number of rotatable bonds is 4. The molecule has 0 atom stereocenters. The van der Waals surface area contributed by atoms with E-state index in [2.05, 4.69) is 10.6 Å². The van der Waals surface area contributed by atoms with Gasteiger partial charge < -0.3 is 20.1 Å². The fourth-order valence-electron chi connectivity index (χ4n) is 3.61. The predicted molar refractivity (Wildman–Crippen MR) is 125 cm³/mol. The molecule has 3 N–H and O–H groups in total. The van der Waals surface area contributed by atoms with Crippen LogP contribution in [0, 0.1) is 10.1 Å². The Kier molecular flexibility index (Phi) is 6.15. The van der Waals surface area contributed by atoms with Crippen molar-refractivity contribution in [2.24, 2.45) is 0 Å². The second kappa shape index (κ2) is 9.16. The number of carbonyl (C=O) groups is 1. The number of thiocarbonyl (C=S) groups is 1. The number of hydrogen-bond acceptors (Lipinski definition) is 7. The van der Waals surface area contributed by atoms with E-state index in [0.29, 0.717) is 37.7 Å². The number of phenolic OH excluding ortho intramolecular Hbond substituents is 1. The highest BCUT2D eigenvalue weighted by Gasteiger charge is 2.23. The molecule has 0 unspecified atom stereocenters. The van der Waals surface area contributed by atoms with Crippen LogP contribution in [0.1, 0.15) is 10.4 Å². The number of nitro benzene ring substituents is 1. The minimum absolute atomic E-state index is 0.0235. The molecular formula is C22H20N4O5S. The summed E-state index contributed by atoms with van der Waals surface area (Å²) in [5, 5.41) is 28.6. The highest BCUT2D eigenvalue weighted by Crippen LogP contribution is 2.32. The SMILES string of the molecule is O=C(NC(=S)Nc1c(O)ccc2ccccc12)c1cc([N+](=O)[O-])ccc1N1CCOCC1. The lowest BCUT2D eigenvalue weighted by Gasteiger charge is -2.30. The van der Waals surface area contributed by atoms with Crippen molar-refractivity contribution in [2.75, 3.05) is 36.5 Å². The average Bonchev–Trinajstić information content (AvgIpc) is 2.81. The van der Waals surface area contributed by atoms with Gasteiger partial charge in [0.05, 0.1) is 35.1 Å². The first-order chi connectivity index (χ1) is 15.4. The molecule has 32 heavy (non-hydrogen) atoms. The van der Waals surface area contributed by atoms with Gasteiger partial charge in [0.15, 0.2) is 5.11 Å². The van der Waals surface area contributed by atoms with Crippen molar-refractivity contribution in [1.29, 1.82) is 0 Å². The van der Waals surface area contributed by atoms with E-state index in [1.165, 1.54) is 18.2 Å². The summed E-state index contributed by atoms with van der Waals surface area (Å²) in [7, 11) is 0. The zero-order valence-electron chi connectivity index (χ0n) is 16.9. The standard InChI is InChI=1S/C22H20N4O5S/c27-19-8-5-14-3-1-2-4-16(14)20(19)23-22(32)24-21(28)17-13-15(26(29)30)6-7-18(17)25-9-11-31-12-10-25/h1-8,13,27H,9-12H2,(H2,23,24,28,32). The number of phenols is 1. The lowest BCUT2D eigenvalue weighted by Crippen LogP contribution is -2.39. The normalized spacial score (nSPS) is 13.6. The Hall–Kier alpha value is -3.76. The minimum atomic E-state index is -0.590. The first-order valence-electron chi connectivity index (χ1n) is 9.88. The second-order valence-corrected chi connectivity index (χ2v) is 7.56. The Labute approximate surface area is 188 Å². The van der Waals surface area contributed by atoms with E-state index in [0.717, 1.165) is 10.8 Å². The van der Waals surface area contributed by atoms with Gasteiger partial charge >= 0.3 is 0 Å². The maximum absolute atomic E-state index is 13.1. The van der Waals surface area contributed by atoms with Gasteiger partial charge in [-0.05, 0) is 29.7 Å². The Morgan fingerprint density at radius 3 is 2.62 bits per heavy atom. The van der Waals surface area contributed by atoms with Gasteiger partial charge in [0.2, 0.25) is 0 Å². The van der Waals surface area contributed by atoms with Crippen LogP contribution in [0.25, 0.3) is 10.8 Å². The maximum Gasteiger partial charge on any atom is 0.270 e. The van der Waals surface area contributed by atoms with Crippen molar-refractivity contribution in [3.63, 3.8) is 0 Å². The molecule has 164 valence electrons. The number of nitrogens with zero attached hydrogens (tertiary/aromatic N) is 2. The van der Waals surface area contributed by atoms with Crippen molar-refractivity contribution in [3.8, 4) is 5.75 Å². The van der Waals surface area contributed by atoms with E-state index in [9.17, 15) is 20.0 Å². The number of aromatic hydroxyl groups is 1. The molecule has 9 nitrogen and oxygen atoms in total. The summed E-state index contributed by atoms with van der Waals surface area (Å²) in [6, 6.07) is 14.9. The molecular weight excluding hydrogens is 432 g/mol. The van der Waals surface area contributed by atoms with Gasteiger partial charge in [-0.3, -0.25) is 20.2 Å². The summed E-state index contributed by atoms with van der Waals surface area (Å²) >= 11 is 5.30. The van der Waals surface area contributed by atoms with Crippen molar-refractivity contribution >= 4 is 51.1 Å². The minimum Gasteiger partial charge on any atom is -0.506 e. The number of carbonyl (C=O) groups excluding carboxylic acids is 1. The molecule has 0 aromatic heterocycles. The summed E-state index contributed by atoms with van der Waals surface area (Å²) in [4.78, 5) is 25.7. The first kappa shape index (κ1) is 21.5. The lowest BCUT2D eigenvalue weighted by atomic mass is 10.1. The van der Waals surface area contributed by atoms with Crippen LogP contribution in [-0.4, -0.2) is 47.4 Å². The van der Waals surface area contributed by atoms with Crippen LogP contribution in [0.3, 0.4) is 0 Å². The Morgan fingerprint density at radius 2 is 1.88 bits per heavy atom. The first-order valence-corrected chi connectivity index (χ1v) is 10.3. The van der Waals surface area contributed by atoms with Crippen LogP contribution in [-0.2, 0) is 4.74 Å².